The molecule has 1 heterocycles. The van der Waals surface area contributed by atoms with Gasteiger partial charge in [-0.15, -0.1) is 0 Å². The van der Waals surface area contributed by atoms with E-state index >= 15 is 0 Å². The smallest absolute Gasteiger partial charge is 0.406 e. The molecule has 0 amide bonds. The number of anilines is 1. The van der Waals surface area contributed by atoms with E-state index in [1.807, 2.05) is 12.1 Å². The van der Waals surface area contributed by atoms with Gasteiger partial charge in [0.1, 0.15) is 0 Å². The minimum atomic E-state index is -0.443. The summed E-state index contributed by atoms with van der Waals surface area (Å²) in [5.74, 6) is -0.443. The van der Waals surface area contributed by atoms with Crippen molar-refractivity contribution in [3.05, 3.63) is 28.7 Å². The van der Waals surface area contributed by atoms with Crippen molar-refractivity contribution in [2.45, 2.75) is 0 Å². The van der Waals surface area contributed by atoms with Crippen molar-refractivity contribution < 1.29 is 4.42 Å². The second-order valence-electron chi connectivity index (χ2n) is 2.91. The van der Waals surface area contributed by atoms with Crippen LogP contribution in [0.4, 0.5) is 5.69 Å². The molecule has 0 spiro atoms. The number of aromatic amines is 1. The van der Waals surface area contributed by atoms with Crippen LogP contribution in [0.5, 0.6) is 0 Å². The van der Waals surface area contributed by atoms with Gasteiger partial charge in [0, 0.05) is 13.1 Å². The second-order valence-corrected chi connectivity index (χ2v) is 2.91. The molecule has 0 atom stereocenters. The minimum Gasteiger partial charge on any atom is -0.406 e. The van der Waals surface area contributed by atoms with Gasteiger partial charge in [-0.05, 0) is 12.1 Å². The Hall–Kier alpha value is -1.75. The monoisotopic (exact) mass is 193 g/mol. The molecule has 1 aromatic heterocycles. The number of rotatable bonds is 3. The van der Waals surface area contributed by atoms with Crippen LogP contribution in [0.25, 0.3) is 11.1 Å². The molecule has 2 aromatic rings. The molecule has 0 unspecified atom stereocenters. The zero-order valence-electron chi connectivity index (χ0n) is 7.54. The molecule has 1 aromatic carbocycles. The lowest BCUT2D eigenvalue weighted by atomic mass is 10.3. The highest BCUT2D eigenvalue weighted by Gasteiger charge is 2.04. The Morgan fingerprint density at radius 3 is 3.14 bits per heavy atom. The predicted molar refractivity (Wildman–Crippen MR) is 54.4 cm³/mol. The standard InChI is InChI=1S/C9H11N3O2/c10-4-5-11-6-2-1-3-7-8(6)14-9(13)12-7/h1-3,11H,4-5,10H2,(H,12,13). The maximum Gasteiger partial charge on any atom is 0.417 e. The summed E-state index contributed by atoms with van der Waals surface area (Å²) in [6.07, 6.45) is 0. The van der Waals surface area contributed by atoms with Crippen LogP contribution < -0.4 is 16.8 Å². The Labute approximate surface area is 79.9 Å². The van der Waals surface area contributed by atoms with E-state index in [0.29, 0.717) is 24.2 Å². The first-order chi connectivity index (χ1) is 6.81. The number of H-pyrrole nitrogens is 1. The summed E-state index contributed by atoms with van der Waals surface area (Å²) >= 11 is 0. The molecule has 0 saturated heterocycles. The summed E-state index contributed by atoms with van der Waals surface area (Å²) in [5, 5.41) is 3.07. The maximum absolute atomic E-state index is 10.9. The van der Waals surface area contributed by atoms with Crippen molar-refractivity contribution in [3.8, 4) is 0 Å². The third-order valence-electron chi connectivity index (χ3n) is 1.91. The van der Waals surface area contributed by atoms with Gasteiger partial charge in [-0.3, -0.25) is 4.98 Å². The normalized spacial score (nSPS) is 10.6. The van der Waals surface area contributed by atoms with Crippen LogP contribution >= 0.6 is 0 Å². The topological polar surface area (TPSA) is 84.0 Å². The lowest BCUT2D eigenvalue weighted by Gasteiger charge is -2.03. The van der Waals surface area contributed by atoms with Gasteiger partial charge in [-0.2, -0.15) is 0 Å². The largest absolute Gasteiger partial charge is 0.417 e. The van der Waals surface area contributed by atoms with E-state index in [1.54, 1.807) is 6.07 Å². The molecule has 4 N–H and O–H groups in total. The number of para-hydroxylation sites is 1. The van der Waals surface area contributed by atoms with Gasteiger partial charge in [0.2, 0.25) is 0 Å². The van der Waals surface area contributed by atoms with Crippen molar-refractivity contribution in [2.75, 3.05) is 18.4 Å². The Kier molecular flexibility index (Phi) is 2.24. The first-order valence-electron chi connectivity index (χ1n) is 4.37. The summed E-state index contributed by atoms with van der Waals surface area (Å²) in [7, 11) is 0. The molecular formula is C9H11N3O2. The van der Waals surface area contributed by atoms with Gasteiger partial charge in [0.15, 0.2) is 5.58 Å². The molecule has 14 heavy (non-hydrogen) atoms. The highest BCUT2D eigenvalue weighted by atomic mass is 16.4. The molecule has 0 bridgehead atoms. The highest BCUT2D eigenvalue weighted by molar-refractivity contribution is 5.85. The number of aromatic nitrogens is 1. The third kappa shape index (κ3) is 1.49. The lowest BCUT2D eigenvalue weighted by Crippen LogP contribution is -2.13. The van der Waals surface area contributed by atoms with E-state index in [1.165, 1.54) is 0 Å². The lowest BCUT2D eigenvalue weighted by molar-refractivity contribution is 0.556. The van der Waals surface area contributed by atoms with Crippen molar-refractivity contribution in [3.63, 3.8) is 0 Å². The van der Waals surface area contributed by atoms with Crippen LogP contribution in [0.3, 0.4) is 0 Å². The van der Waals surface area contributed by atoms with E-state index in [-0.39, 0.29) is 0 Å². The van der Waals surface area contributed by atoms with E-state index in [4.69, 9.17) is 10.2 Å². The van der Waals surface area contributed by atoms with Crippen molar-refractivity contribution in [2.24, 2.45) is 5.73 Å². The Morgan fingerprint density at radius 1 is 1.50 bits per heavy atom. The Balaban J connectivity index is 2.47. The summed E-state index contributed by atoms with van der Waals surface area (Å²) in [6, 6.07) is 5.47. The van der Waals surface area contributed by atoms with Gasteiger partial charge in [0.25, 0.3) is 0 Å². The van der Waals surface area contributed by atoms with Crippen LogP contribution in [0, 0.1) is 0 Å². The van der Waals surface area contributed by atoms with Crippen molar-refractivity contribution >= 4 is 16.8 Å². The molecule has 0 radical (unpaired) electrons. The van der Waals surface area contributed by atoms with Crippen molar-refractivity contribution in [1.29, 1.82) is 0 Å². The number of fused-ring (bicyclic) bond motifs is 1. The van der Waals surface area contributed by atoms with E-state index in [2.05, 4.69) is 10.3 Å². The Bertz CT molecular complexity index is 486. The second kappa shape index (κ2) is 3.55. The van der Waals surface area contributed by atoms with Crippen LogP contribution in [0.15, 0.2) is 27.4 Å². The average Bonchev–Trinajstić information content (AvgIpc) is 2.55. The minimum absolute atomic E-state index is 0.443. The van der Waals surface area contributed by atoms with E-state index in [9.17, 15) is 4.79 Å². The van der Waals surface area contributed by atoms with E-state index < -0.39 is 5.76 Å². The molecule has 0 aliphatic carbocycles. The van der Waals surface area contributed by atoms with Crippen LogP contribution in [0.2, 0.25) is 0 Å². The SMILES string of the molecule is NCCNc1cccc2[nH]c(=O)oc12. The predicted octanol–water partition coefficient (Wildman–Crippen LogP) is 0.492. The molecule has 0 aliphatic heterocycles. The highest BCUT2D eigenvalue weighted by Crippen LogP contribution is 2.19. The first kappa shape index (κ1) is 8.83. The Morgan fingerprint density at radius 2 is 2.36 bits per heavy atom. The van der Waals surface area contributed by atoms with Crippen LogP contribution in [0.1, 0.15) is 0 Å². The molecule has 0 fully saturated rings. The summed E-state index contributed by atoms with van der Waals surface area (Å²) in [4.78, 5) is 13.5. The average molecular weight is 193 g/mol. The van der Waals surface area contributed by atoms with Gasteiger partial charge in [-0.25, -0.2) is 4.79 Å². The quantitative estimate of drug-likeness (QED) is 0.662. The number of oxazole rings is 1. The summed E-state index contributed by atoms with van der Waals surface area (Å²) < 4.78 is 4.98. The fraction of sp³-hybridized carbons (Fsp3) is 0.222. The molecule has 2 rings (SSSR count). The third-order valence-corrected chi connectivity index (χ3v) is 1.91. The first-order valence-corrected chi connectivity index (χ1v) is 4.37. The summed E-state index contributed by atoms with van der Waals surface area (Å²) in [5.41, 5.74) is 7.39. The van der Waals surface area contributed by atoms with Crippen LogP contribution in [-0.4, -0.2) is 18.1 Å². The maximum atomic E-state index is 10.9. The molecule has 5 heteroatoms. The fourth-order valence-corrected chi connectivity index (χ4v) is 1.32. The zero-order chi connectivity index (χ0) is 9.97. The molecule has 74 valence electrons. The molecule has 0 aliphatic rings. The summed E-state index contributed by atoms with van der Waals surface area (Å²) in [6.45, 7) is 1.18. The molecular weight excluding hydrogens is 182 g/mol. The zero-order valence-corrected chi connectivity index (χ0v) is 7.54. The fourth-order valence-electron chi connectivity index (χ4n) is 1.32. The number of hydrogen-bond acceptors (Lipinski definition) is 4. The number of hydrogen-bond donors (Lipinski definition) is 3. The number of nitrogens with one attached hydrogen (secondary N) is 2. The van der Waals surface area contributed by atoms with Gasteiger partial charge in [-0.1, -0.05) is 6.07 Å². The van der Waals surface area contributed by atoms with Crippen LogP contribution in [-0.2, 0) is 0 Å². The molecule has 0 saturated carbocycles. The van der Waals surface area contributed by atoms with Gasteiger partial charge >= 0.3 is 5.76 Å². The van der Waals surface area contributed by atoms with Gasteiger partial charge < -0.3 is 15.5 Å². The number of nitrogens with two attached hydrogens (primary N) is 1. The van der Waals surface area contributed by atoms with E-state index in [0.717, 1.165) is 5.69 Å². The van der Waals surface area contributed by atoms with Crippen molar-refractivity contribution in [1.82, 2.24) is 4.98 Å². The molecule has 5 nitrogen and oxygen atoms in total. The van der Waals surface area contributed by atoms with Gasteiger partial charge in [0.05, 0.1) is 11.2 Å². The number of benzene rings is 1.